The molecule has 1 heterocycles. The van der Waals surface area contributed by atoms with Gasteiger partial charge in [0.2, 0.25) is 5.16 Å². The summed E-state index contributed by atoms with van der Waals surface area (Å²) in [5.74, 6) is -0.378. The number of thioether (sulfide) groups is 1. The van der Waals surface area contributed by atoms with Crippen LogP contribution in [0.1, 0.15) is 13.8 Å². The summed E-state index contributed by atoms with van der Waals surface area (Å²) in [4.78, 5) is 10.8. The first-order chi connectivity index (χ1) is 6.43. The third-order valence-electron chi connectivity index (χ3n) is 1.72. The van der Waals surface area contributed by atoms with E-state index in [-0.39, 0.29) is 0 Å². The van der Waals surface area contributed by atoms with E-state index in [9.17, 15) is 4.79 Å². The molecule has 1 rings (SSSR count). The van der Waals surface area contributed by atoms with Gasteiger partial charge in [0.1, 0.15) is 0 Å². The van der Waals surface area contributed by atoms with Crippen LogP contribution in [0.5, 0.6) is 0 Å². The highest BCUT2D eigenvalue weighted by molar-refractivity contribution is 7.99. The van der Waals surface area contributed by atoms with E-state index in [1.807, 2.05) is 0 Å². The number of carboxylic acid groups (broad SMARTS) is 1. The van der Waals surface area contributed by atoms with Crippen LogP contribution in [0.3, 0.4) is 0 Å². The number of hydrogen-bond donors (Lipinski definition) is 1. The highest BCUT2D eigenvalue weighted by Crippen LogP contribution is 2.25. The van der Waals surface area contributed by atoms with Gasteiger partial charge in [-0.3, -0.25) is 4.79 Å². The molecule has 1 aromatic heterocycles. The number of aryl methyl sites for hydroxylation is 1. The highest BCUT2D eigenvalue weighted by atomic mass is 32.2. The maximum absolute atomic E-state index is 10.8. The van der Waals surface area contributed by atoms with Gasteiger partial charge in [-0.2, -0.15) is 0 Å². The van der Waals surface area contributed by atoms with Gasteiger partial charge >= 0.3 is 5.97 Å². The average Bonchev–Trinajstić information content (AvgIpc) is 2.47. The van der Waals surface area contributed by atoms with E-state index in [4.69, 9.17) is 5.11 Å². The Morgan fingerprint density at radius 2 is 2.29 bits per heavy atom. The second-order valence-corrected chi connectivity index (χ2v) is 4.51. The molecular formula is C7H12N4O2S. The number of tetrazole rings is 1. The van der Waals surface area contributed by atoms with Gasteiger partial charge in [0.05, 0.1) is 5.41 Å². The van der Waals surface area contributed by atoms with Gasteiger partial charge in [-0.15, -0.1) is 5.10 Å². The van der Waals surface area contributed by atoms with Crippen LogP contribution in [-0.2, 0) is 11.8 Å². The van der Waals surface area contributed by atoms with Crippen LogP contribution in [0, 0.1) is 5.41 Å². The SMILES string of the molecule is Cn1nnnc1SCC(C)(C)C(=O)O. The number of hydrogen-bond acceptors (Lipinski definition) is 5. The van der Waals surface area contributed by atoms with Crippen LogP contribution in [0.2, 0.25) is 0 Å². The van der Waals surface area contributed by atoms with E-state index in [1.165, 1.54) is 16.4 Å². The van der Waals surface area contributed by atoms with E-state index in [2.05, 4.69) is 15.5 Å². The smallest absolute Gasteiger partial charge is 0.309 e. The summed E-state index contributed by atoms with van der Waals surface area (Å²) in [5, 5.41) is 20.4. The molecule has 0 bridgehead atoms. The first-order valence-corrected chi connectivity index (χ1v) is 5.00. The van der Waals surface area contributed by atoms with Crippen LogP contribution >= 0.6 is 11.8 Å². The summed E-state index contributed by atoms with van der Waals surface area (Å²) < 4.78 is 1.52. The van der Waals surface area contributed by atoms with Crippen LogP contribution in [0.15, 0.2) is 5.16 Å². The topological polar surface area (TPSA) is 80.9 Å². The van der Waals surface area contributed by atoms with Gasteiger partial charge in [-0.05, 0) is 24.3 Å². The minimum absolute atomic E-state index is 0.441. The highest BCUT2D eigenvalue weighted by Gasteiger charge is 2.27. The molecule has 0 unspecified atom stereocenters. The Morgan fingerprint density at radius 1 is 1.64 bits per heavy atom. The van der Waals surface area contributed by atoms with Crippen molar-refractivity contribution in [2.24, 2.45) is 12.5 Å². The third kappa shape index (κ3) is 2.44. The van der Waals surface area contributed by atoms with E-state index >= 15 is 0 Å². The molecule has 0 fully saturated rings. The van der Waals surface area contributed by atoms with Crippen molar-refractivity contribution in [1.29, 1.82) is 0 Å². The summed E-state index contributed by atoms with van der Waals surface area (Å²) in [6, 6.07) is 0. The number of carboxylic acids is 1. The van der Waals surface area contributed by atoms with E-state index < -0.39 is 11.4 Å². The Balaban J connectivity index is 2.57. The van der Waals surface area contributed by atoms with Crippen molar-refractivity contribution < 1.29 is 9.90 Å². The fraction of sp³-hybridized carbons (Fsp3) is 0.714. The van der Waals surface area contributed by atoms with Gasteiger partial charge in [0.25, 0.3) is 0 Å². The summed E-state index contributed by atoms with van der Waals surface area (Å²) in [6.45, 7) is 3.35. The Hall–Kier alpha value is -1.11. The van der Waals surface area contributed by atoms with Crippen LogP contribution < -0.4 is 0 Å². The van der Waals surface area contributed by atoms with Crippen molar-refractivity contribution in [2.75, 3.05) is 5.75 Å². The lowest BCUT2D eigenvalue weighted by molar-refractivity contribution is -0.145. The molecule has 0 aromatic carbocycles. The molecular weight excluding hydrogens is 204 g/mol. The summed E-state index contributed by atoms with van der Waals surface area (Å²) >= 11 is 1.33. The maximum Gasteiger partial charge on any atom is 0.309 e. The quantitative estimate of drug-likeness (QED) is 0.734. The van der Waals surface area contributed by atoms with Crippen molar-refractivity contribution in [3.05, 3.63) is 0 Å². The molecule has 0 radical (unpaired) electrons. The number of aromatic nitrogens is 4. The van der Waals surface area contributed by atoms with Gasteiger partial charge in [0.15, 0.2) is 0 Å². The number of aliphatic carboxylic acids is 1. The van der Waals surface area contributed by atoms with Crippen LogP contribution in [0.25, 0.3) is 0 Å². The van der Waals surface area contributed by atoms with Crippen LogP contribution in [-0.4, -0.2) is 37.0 Å². The molecule has 0 amide bonds. The molecule has 7 heteroatoms. The molecule has 14 heavy (non-hydrogen) atoms. The molecule has 0 aliphatic carbocycles. The largest absolute Gasteiger partial charge is 0.481 e. The average molecular weight is 216 g/mol. The predicted octanol–water partition coefficient (Wildman–Crippen LogP) is 0.413. The van der Waals surface area contributed by atoms with E-state index in [0.717, 1.165) is 0 Å². The molecule has 0 aliphatic rings. The zero-order valence-corrected chi connectivity index (χ0v) is 9.08. The van der Waals surface area contributed by atoms with Gasteiger partial charge in [0, 0.05) is 12.8 Å². The predicted molar refractivity (Wildman–Crippen MR) is 50.9 cm³/mol. The molecule has 6 nitrogen and oxygen atoms in total. The van der Waals surface area contributed by atoms with Gasteiger partial charge in [-0.1, -0.05) is 11.8 Å². The Morgan fingerprint density at radius 3 is 2.71 bits per heavy atom. The minimum Gasteiger partial charge on any atom is -0.481 e. The zero-order chi connectivity index (χ0) is 10.8. The second kappa shape index (κ2) is 3.95. The molecule has 0 saturated carbocycles. The van der Waals surface area contributed by atoms with Crippen molar-refractivity contribution in [3.63, 3.8) is 0 Å². The zero-order valence-electron chi connectivity index (χ0n) is 8.26. The second-order valence-electron chi connectivity index (χ2n) is 3.56. The number of carbonyl (C=O) groups is 1. The molecule has 0 aliphatic heterocycles. The fourth-order valence-corrected chi connectivity index (χ4v) is 1.58. The van der Waals surface area contributed by atoms with Gasteiger partial charge in [-0.25, -0.2) is 4.68 Å². The van der Waals surface area contributed by atoms with Crippen molar-refractivity contribution in [3.8, 4) is 0 Å². The van der Waals surface area contributed by atoms with Gasteiger partial charge < -0.3 is 5.11 Å². The Bertz CT molecular complexity index is 336. The monoisotopic (exact) mass is 216 g/mol. The Kier molecular flexibility index (Phi) is 3.10. The molecule has 1 aromatic rings. The lowest BCUT2D eigenvalue weighted by atomic mass is 9.97. The van der Waals surface area contributed by atoms with Crippen molar-refractivity contribution in [1.82, 2.24) is 20.2 Å². The summed E-state index contributed by atoms with van der Waals surface area (Å²) in [6.07, 6.45) is 0. The van der Waals surface area contributed by atoms with E-state index in [0.29, 0.717) is 10.9 Å². The third-order valence-corrected chi connectivity index (χ3v) is 3.19. The number of nitrogens with zero attached hydrogens (tertiary/aromatic N) is 4. The molecule has 1 N–H and O–H groups in total. The minimum atomic E-state index is -0.819. The lowest BCUT2D eigenvalue weighted by Crippen LogP contribution is -2.26. The first kappa shape index (κ1) is 11.0. The molecule has 78 valence electrons. The summed E-state index contributed by atoms with van der Waals surface area (Å²) in [5.41, 5.74) is -0.767. The normalized spacial score (nSPS) is 11.6. The van der Waals surface area contributed by atoms with Crippen LogP contribution in [0.4, 0.5) is 0 Å². The molecule has 0 atom stereocenters. The fourth-order valence-electron chi connectivity index (χ4n) is 0.650. The molecule has 0 spiro atoms. The van der Waals surface area contributed by atoms with E-state index in [1.54, 1.807) is 20.9 Å². The lowest BCUT2D eigenvalue weighted by Gasteiger charge is -2.17. The summed E-state index contributed by atoms with van der Waals surface area (Å²) in [7, 11) is 1.72. The first-order valence-electron chi connectivity index (χ1n) is 4.02. The molecule has 0 saturated heterocycles. The van der Waals surface area contributed by atoms with Crippen molar-refractivity contribution >= 4 is 17.7 Å². The standard InChI is InChI=1S/C7H12N4O2S/c1-7(2,5(12)13)4-14-6-8-9-10-11(6)3/h4H2,1-3H3,(H,12,13). The van der Waals surface area contributed by atoms with Crippen molar-refractivity contribution in [2.45, 2.75) is 19.0 Å². The number of rotatable bonds is 4. The Labute approximate surface area is 85.7 Å². The maximum atomic E-state index is 10.8.